The van der Waals surface area contributed by atoms with Gasteiger partial charge in [-0.2, -0.15) is 0 Å². The van der Waals surface area contributed by atoms with Gasteiger partial charge in [0.1, 0.15) is 11.4 Å². The number of rotatable bonds is 3. The van der Waals surface area contributed by atoms with Gasteiger partial charge in [0.2, 0.25) is 0 Å². The van der Waals surface area contributed by atoms with Crippen molar-refractivity contribution in [2.24, 2.45) is 0 Å². The van der Waals surface area contributed by atoms with Crippen molar-refractivity contribution < 1.29 is 9.53 Å². The number of carbonyl (C=O) groups is 1. The Morgan fingerprint density at radius 1 is 1.79 bits per heavy atom. The van der Waals surface area contributed by atoms with Gasteiger partial charge >= 0.3 is 5.97 Å². The summed E-state index contributed by atoms with van der Waals surface area (Å²) in [5.41, 5.74) is -0.549. The van der Waals surface area contributed by atoms with E-state index in [1.807, 2.05) is 6.92 Å². The quantitative estimate of drug-likeness (QED) is 0.676. The molecule has 0 aliphatic carbocycles. The molecule has 0 radical (unpaired) electrons. The minimum Gasteiger partial charge on any atom is -0.464 e. The number of ether oxygens (including phenoxy) is 1. The Balaban J connectivity index is 1.94. The van der Waals surface area contributed by atoms with Gasteiger partial charge in [0.15, 0.2) is 0 Å². The zero-order chi connectivity index (χ0) is 10.0. The van der Waals surface area contributed by atoms with E-state index in [1.54, 1.807) is 12.4 Å². The first-order valence-electron chi connectivity index (χ1n) is 4.61. The molecule has 1 aliphatic rings. The van der Waals surface area contributed by atoms with Gasteiger partial charge in [-0.15, -0.1) is 0 Å². The van der Waals surface area contributed by atoms with E-state index in [0.29, 0.717) is 19.6 Å². The SMILES string of the molecule is CC1(NCc2ncc[nH]2)CCOC1=O. The number of hydrogen-bond donors (Lipinski definition) is 2. The Morgan fingerprint density at radius 2 is 2.64 bits per heavy atom. The molecule has 1 saturated heterocycles. The largest absolute Gasteiger partial charge is 0.464 e. The van der Waals surface area contributed by atoms with E-state index in [-0.39, 0.29) is 5.97 Å². The summed E-state index contributed by atoms with van der Waals surface area (Å²) >= 11 is 0. The summed E-state index contributed by atoms with van der Waals surface area (Å²) in [5.74, 6) is 0.648. The predicted molar refractivity (Wildman–Crippen MR) is 49.4 cm³/mol. The molecule has 1 unspecified atom stereocenters. The summed E-state index contributed by atoms with van der Waals surface area (Å²) in [6, 6.07) is 0. The molecular formula is C9H13N3O2. The standard InChI is InChI=1S/C9H13N3O2/c1-9(2-5-14-8(9)13)12-6-7-10-3-4-11-7/h3-4,12H,2,5-6H2,1H3,(H,10,11). The molecule has 14 heavy (non-hydrogen) atoms. The molecule has 0 saturated carbocycles. The van der Waals surface area contributed by atoms with Gasteiger partial charge in [0.25, 0.3) is 0 Å². The Morgan fingerprint density at radius 3 is 3.21 bits per heavy atom. The maximum absolute atomic E-state index is 11.3. The van der Waals surface area contributed by atoms with Crippen LogP contribution in [0.1, 0.15) is 19.2 Å². The van der Waals surface area contributed by atoms with Crippen LogP contribution in [-0.4, -0.2) is 28.1 Å². The number of hydrogen-bond acceptors (Lipinski definition) is 4. The van der Waals surface area contributed by atoms with Crippen molar-refractivity contribution in [3.05, 3.63) is 18.2 Å². The van der Waals surface area contributed by atoms with Crippen molar-refractivity contribution in [2.75, 3.05) is 6.61 Å². The number of aromatic amines is 1. The maximum atomic E-state index is 11.3. The Bertz CT molecular complexity index is 323. The molecule has 0 amide bonds. The van der Waals surface area contributed by atoms with Gasteiger partial charge in [-0.3, -0.25) is 10.1 Å². The van der Waals surface area contributed by atoms with E-state index in [4.69, 9.17) is 4.74 Å². The number of nitrogens with one attached hydrogen (secondary N) is 2. The third-order valence-corrected chi connectivity index (χ3v) is 2.49. The first kappa shape index (κ1) is 9.21. The second-order valence-corrected chi connectivity index (χ2v) is 3.61. The van der Waals surface area contributed by atoms with Gasteiger partial charge < -0.3 is 9.72 Å². The minimum absolute atomic E-state index is 0.177. The van der Waals surface area contributed by atoms with Crippen molar-refractivity contribution in [1.82, 2.24) is 15.3 Å². The number of cyclic esters (lactones) is 1. The monoisotopic (exact) mass is 195 g/mol. The molecule has 1 aromatic heterocycles. The van der Waals surface area contributed by atoms with Crippen LogP contribution in [0.15, 0.2) is 12.4 Å². The molecule has 76 valence electrons. The lowest BCUT2D eigenvalue weighted by atomic mass is 10.0. The Kier molecular flexibility index (Phi) is 2.25. The highest BCUT2D eigenvalue weighted by molar-refractivity contribution is 5.82. The third-order valence-electron chi connectivity index (χ3n) is 2.49. The summed E-state index contributed by atoms with van der Waals surface area (Å²) in [7, 11) is 0. The molecule has 2 N–H and O–H groups in total. The van der Waals surface area contributed by atoms with Crippen LogP contribution in [0.5, 0.6) is 0 Å². The summed E-state index contributed by atoms with van der Waals surface area (Å²) in [6.07, 6.45) is 4.16. The van der Waals surface area contributed by atoms with E-state index in [0.717, 1.165) is 5.82 Å². The third kappa shape index (κ3) is 1.63. The van der Waals surface area contributed by atoms with E-state index in [1.165, 1.54) is 0 Å². The molecular weight excluding hydrogens is 182 g/mol. The number of carbonyl (C=O) groups excluding carboxylic acids is 1. The first-order valence-corrected chi connectivity index (χ1v) is 4.61. The number of imidazole rings is 1. The number of aromatic nitrogens is 2. The van der Waals surface area contributed by atoms with Crippen molar-refractivity contribution in [2.45, 2.75) is 25.4 Å². The molecule has 1 atom stereocenters. The van der Waals surface area contributed by atoms with Crippen LogP contribution in [-0.2, 0) is 16.1 Å². The summed E-state index contributed by atoms with van der Waals surface area (Å²) in [4.78, 5) is 18.4. The van der Waals surface area contributed by atoms with E-state index in [2.05, 4.69) is 15.3 Å². The molecule has 0 spiro atoms. The Labute approximate surface area is 81.9 Å². The second kappa shape index (κ2) is 3.42. The summed E-state index contributed by atoms with van der Waals surface area (Å²) in [6.45, 7) is 2.91. The molecule has 1 aliphatic heterocycles. The molecule has 2 heterocycles. The molecule has 5 nitrogen and oxygen atoms in total. The number of esters is 1. The lowest BCUT2D eigenvalue weighted by Gasteiger charge is -2.19. The molecule has 1 aromatic rings. The van der Waals surface area contributed by atoms with Crippen LogP contribution >= 0.6 is 0 Å². The highest BCUT2D eigenvalue weighted by Gasteiger charge is 2.39. The minimum atomic E-state index is -0.549. The van der Waals surface area contributed by atoms with E-state index in [9.17, 15) is 4.79 Å². The molecule has 0 aromatic carbocycles. The van der Waals surface area contributed by atoms with Crippen LogP contribution in [0, 0.1) is 0 Å². The van der Waals surface area contributed by atoms with Crippen LogP contribution in [0.2, 0.25) is 0 Å². The molecule has 5 heteroatoms. The van der Waals surface area contributed by atoms with Crippen molar-refractivity contribution >= 4 is 5.97 Å². The number of H-pyrrole nitrogens is 1. The lowest BCUT2D eigenvalue weighted by Crippen LogP contribution is -2.45. The fourth-order valence-corrected chi connectivity index (χ4v) is 1.44. The van der Waals surface area contributed by atoms with Gasteiger partial charge in [-0.1, -0.05) is 0 Å². The normalized spacial score (nSPS) is 26.5. The van der Waals surface area contributed by atoms with Crippen LogP contribution in [0.3, 0.4) is 0 Å². The predicted octanol–water partition coefficient (Wildman–Crippen LogP) is 0.205. The van der Waals surface area contributed by atoms with Crippen molar-refractivity contribution in [1.29, 1.82) is 0 Å². The zero-order valence-electron chi connectivity index (χ0n) is 8.04. The molecule has 1 fully saturated rings. The molecule has 2 rings (SSSR count). The van der Waals surface area contributed by atoms with Gasteiger partial charge in [0.05, 0.1) is 13.2 Å². The van der Waals surface area contributed by atoms with Gasteiger partial charge in [0, 0.05) is 18.8 Å². The maximum Gasteiger partial charge on any atom is 0.326 e. The first-order chi connectivity index (χ1) is 6.71. The molecule has 0 bridgehead atoms. The van der Waals surface area contributed by atoms with Gasteiger partial charge in [-0.25, -0.2) is 4.98 Å². The summed E-state index contributed by atoms with van der Waals surface area (Å²) in [5, 5.41) is 3.14. The average molecular weight is 195 g/mol. The average Bonchev–Trinajstić information content (AvgIpc) is 2.75. The smallest absolute Gasteiger partial charge is 0.326 e. The Hall–Kier alpha value is -1.36. The van der Waals surface area contributed by atoms with E-state index < -0.39 is 5.54 Å². The van der Waals surface area contributed by atoms with Crippen molar-refractivity contribution in [3.8, 4) is 0 Å². The van der Waals surface area contributed by atoms with Crippen LogP contribution in [0.4, 0.5) is 0 Å². The highest BCUT2D eigenvalue weighted by Crippen LogP contribution is 2.19. The lowest BCUT2D eigenvalue weighted by molar-refractivity contribution is -0.143. The zero-order valence-corrected chi connectivity index (χ0v) is 8.04. The fraction of sp³-hybridized carbons (Fsp3) is 0.556. The van der Waals surface area contributed by atoms with Crippen molar-refractivity contribution in [3.63, 3.8) is 0 Å². The fourth-order valence-electron chi connectivity index (χ4n) is 1.44. The van der Waals surface area contributed by atoms with Crippen LogP contribution < -0.4 is 5.32 Å². The number of nitrogens with zero attached hydrogens (tertiary/aromatic N) is 1. The summed E-state index contributed by atoms with van der Waals surface area (Å²) < 4.78 is 4.91. The second-order valence-electron chi connectivity index (χ2n) is 3.61. The topological polar surface area (TPSA) is 67.0 Å². The van der Waals surface area contributed by atoms with Crippen LogP contribution in [0.25, 0.3) is 0 Å². The van der Waals surface area contributed by atoms with Gasteiger partial charge in [-0.05, 0) is 6.92 Å². The highest BCUT2D eigenvalue weighted by atomic mass is 16.5. The van der Waals surface area contributed by atoms with E-state index >= 15 is 0 Å².